The summed E-state index contributed by atoms with van der Waals surface area (Å²) in [6, 6.07) is 13.1. The molecule has 0 heterocycles. The number of sulfonamides is 1. The van der Waals surface area contributed by atoms with Gasteiger partial charge in [-0.2, -0.15) is 0 Å². The Bertz CT molecular complexity index is 862. The summed E-state index contributed by atoms with van der Waals surface area (Å²) in [5.41, 5.74) is 1.70. The van der Waals surface area contributed by atoms with Gasteiger partial charge in [-0.1, -0.05) is 18.2 Å². The van der Waals surface area contributed by atoms with Gasteiger partial charge >= 0.3 is 0 Å². The number of para-hydroxylation sites is 1. The van der Waals surface area contributed by atoms with Crippen LogP contribution in [-0.2, 0) is 16.4 Å². The van der Waals surface area contributed by atoms with E-state index in [0.29, 0.717) is 29.5 Å². The predicted octanol–water partition coefficient (Wildman–Crippen LogP) is 3.02. The molecule has 0 bridgehead atoms. The van der Waals surface area contributed by atoms with Crippen molar-refractivity contribution in [3.05, 3.63) is 48.0 Å². The number of rotatable bonds is 11. The van der Waals surface area contributed by atoms with Crippen molar-refractivity contribution >= 4 is 15.7 Å². The van der Waals surface area contributed by atoms with Gasteiger partial charge in [-0.05, 0) is 50.2 Å². The van der Waals surface area contributed by atoms with E-state index in [1.165, 1.54) is 0 Å². The van der Waals surface area contributed by atoms with Crippen molar-refractivity contribution in [1.29, 1.82) is 0 Å². The number of hydrogen-bond donors (Lipinski definition) is 1. The Kier molecular flexibility index (Phi) is 8.16. The van der Waals surface area contributed by atoms with Gasteiger partial charge in [-0.15, -0.1) is 0 Å². The summed E-state index contributed by atoms with van der Waals surface area (Å²) in [5.74, 6) is 1.88. The molecular formula is C21H30N2O5S. The zero-order chi connectivity index (χ0) is 21.4. The highest BCUT2D eigenvalue weighted by molar-refractivity contribution is 7.92. The van der Waals surface area contributed by atoms with Crippen molar-refractivity contribution < 1.29 is 22.6 Å². The molecule has 0 fully saturated rings. The molecule has 1 unspecified atom stereocenters. The molecule has 0 saturated carbocycles. The molecule has 0 spiro atoms. The fourth-order valence-electron chi connectivity index (χ4n) is 2.77. The van der Waals surface area contributed by atoms with Crippen molar-refractivity contribution in [2.24, 2.45) is 0 Å². The standard InChI is InChI=1S/C21H30N2O5S/c1-16(15-28-21-19(26-3)7-6-8-20(21)27-4)23(2)14-13-17-9-11-18(12-10-17)22-29(5,24)25/h6-12,16,22H,13-15H2,1-5H3. The van der Waals surface area contributed by atoms with E-state index in [9.17, 15) is 8.42 Å². The molecule has 0 radical (unpaired) electrons. The SMILES string of the molecule is COc1cccc(OC)c1OCC(C)N(C)CCc1ccc(NS(C)(=O)=O)cc1. The van der Waals surface area contributed by atoms with Gasteiger partial charge in [0.2, 0.25) is 15.8 Å². The molecule has 0 aromatic heterocycles. The van der Waals surface area contributed by atoms with E-state index >= 15 is 0 Å². The Hall–Kier alpha value is -2.45. The zero-order valence-electron chi connectivity index (χ0n) is 17.6. The van der Waals surface area contributed by atoms with Gasteiger partial charge < -0.3 is 14.2 Å². The topological polar surface area (TPSA) is 77.1 Å². The number of methoxy groups -OCH3 is 2. The average molecular weight is 423 g/mol. The summed E-state index contributed by atoms with van der Waals surface area (Å²) in [6.07, 6.45) is 1.98. The van der Waals surface area contributed by atoms with Crippen molar-refractivity contribution in [3.63, 3.8) is 0 Å². The van der Waals surface area contributed by atoms with Crippen molar-refractivity contribution in [2.75, 3.05) is 45.4 Å². The Morgan fingerprint density at radius 2 is 1.62 bits per heavy atom. The highest BCUT2D eigenvalue weighted by Gasteiger charge is 2.15. The van der Waals surface area contributed by atoms with Gasteiger partial charge in [0.1, 0.15) is 6.61 Å². The van der Waals surface area contributed by atoms with Gasteiger partial charge in [0.25, 0.3) is 0 Å². The van der Waals surface area contributed by atoms with Crippen LogP contribution in [0.5, 0.6) is 17.2 Å². The molecule has 0 saturated heterocycles. The molecule has 2 rings (SSSR count). The quantitative estimate of drug-likeness (QED) is 0.600. The first-order valence-electron chi connectivity index (χ1n) is 9.34. The first kappa shape index (κ1) is 22.8. The second-order valence-corrected chi connectivity index (χ2v) is 8.70. The largest absolute Gasteiger partial charge is 0.493 e. The first-order valence-corrected chi connectivity index (χ1v) is 11.2. The van der Waals surface area contributed by atoms with E-state index in [1.807, 2.05) is 37.4 Å². The molecule has 0 amide bonds. The lowest BCUT2D eigenvalue weighted by Gasteiger charge is -2.25. The summed E-state index contributed by atoms with van der Waals surface area (Å²) in [5, 5.41) is 0. The number of likely N-dealkylation sites (N-methyl/N-ethyl adjacent to an activating group) is 1. The van der Waals surface area contributed by atoms with Crippen LogP contribution in [0.2, 0.25) is 0 Å². The minimum Gasteiger partial charge on any atom is -0.493 e. The highest BCUT2D eigenvalue weighted by Crippen LogP contribution is 2.36. The van der Waals surface area contributed by atoms with Gasteiger partial charge in [-0.25, -0.2) is 8.42 Å². The van der Waals surface area contributed by atoms with Crippen LogP contribution in [0.15, 0.2) is 42.5 Å². The molecule has 2 aromatic carbocycles. The summed E-state index contributed by atoms with van der Waals surface area (Å²) in [7, 11) is 2.00. The molecule has 8 heteroatoms. The van der Waals surface area contributed by atoms with Crippen LogP contribution in [0.4, 0.5) is 5.69 Å². The van der Waals surface area contributed by atoms with Gasteiger partial charge in [0, 0.05) is 18.3 Å². The lowest BCUT2D eigenvalue weighted by molar-refractivity contribution is 0.167. The Morgan fingerprint density at radius 3 is 2.14 bits per heavy atom. The maximum absolute atomic E-state index is 11.3. The monoisotopic (exact) mass is 422 g/mol. The number of nitrogens with zero attached hydrogens (tertiary/aromatic N) is 1. The third-order valence-corrected chi connectivity index (χ3v) is 5.22. The molecule has 0 aliphatic heterocycles. The molecule has 7 nitrogen and oxygen atoms in total. The van der Waals surface area contributed by atoms with Crippen LogP contribution in [0.25, 0.3) is 0 Å². The molecule has 0 aliphatic carbocycles. The third kappa shape index (κ3) is 7.14. The number of anilines is 1. The Labute approximate surface area is 173 Å². The number of ether oxygens (including phenoxy) is 3. The molecule has 29 heavy (non-hydrogen) atoms. The molecule has 2 aromatic rings. The van der Waals surface area contributed by atoms with E-state index in [-0.39, 0.29) is 6.04 Å². The van der Waals surface area contributed by atoms with Crippen molar-refractivity contribution in [3.8, 4) is 17.2 Å². The maximum Gasteiger partial charge on any atom is 0.229 e. The second-order valence-electron chi connectivity index (χ2n) is 6.95. The van der Waals surface area contributed by atoms with Crippen molar-refractivity contribution in [2.45, 2.75) is 19.4 Å². The third-order valence-electron chi connectivity index (χ3n) is 4.61. The smallest absolute Gasteiger partial charge is 0.229 e. The van der Waals surface area contributed by atoms with Gasteiger partial charge in [-0.3, -0.25) is 9.62 Å². The molecule has 1 N–H and O–H groups in total. The van der Waals surface area contributed by atoms with E-state index in [2.05, 4.69) is 16.5 Å². The van der Waals surface area contributed by atoms with Crippen LogP contribution in [0, 0.1) is 0 Å². The van der Waals surface area contributed by atoms with E-state index in [1.54, 1.807) is 26.4 Å². The lowest BCUT2D eigenvalue weighted by atomic mass is 10.1. The number of nitrogens with one attached hydrogen (secondary N) is 1. The van der Waals surface area contributed by atoms with E-state index in [4.69, 9.17) is 14.2 Å². The van der Waals surface area contributed by atoms with Crippen LogP contribution in [0.1, 0.15) is 12.5 Å². The second kappa shape index (κ2) is 10.4. The maximum atomic E-state index is 11.3. The summed E-state index contributed by atoms with van der Waals surface area (Å²) >= 11 is 0. The van der Waals surface area contributed by atoms with Crippen LogP contribution >= 0.6 is 0 Å². The summed E-state index contributed by atoms with van der Waals surface area (Å²) < 4.78 is 41.7. The molecule has 160 valence electrons. The Balaban J connectivity index is 1.87. The Morgan fingerprint density at radius 1 is 1.03 bits per heavy atom. The fourth-order valence-corrected chi connectivity index (χ4v) is 3.33. The van der Waals surface area contributed by atoms with E-state index in [0.717, 1.165) is 24.8 Å². The van der Waals surface area contributed by atoms with E-state index < -0.39 is 10.0 Å². The van der Waals surface area contributed by atoms with Gasteiger partial charge in [0.15, 0.2) is 11.5 Å². The summed E-state index contributed by atoms with van der Waals surface area (Å²) in [6.45, 7) is 3.43. The van der Waals surface area contributed by atoms with Gasteiger partial charge in [0.05, 0.1) is 20.5 Å². The number of benzene rings is 2. The minimum absolute atomic E-state index is 0.177. The lowest BCUT2D eigenvalue weighted by Crippen LogP contribution is -2.35. The van der Waals surface area contributed by atoms with Crippen LogP contribution in [-0.4, -0.2) is 60.0 Å². The molecule has 1 atom stereocenters. The fraction of sp³-hybridized carbons (Fsp3) is 0.429. The summed E-state index contributed by atoms with van der Waals surface area (Å²) in [4.78, 5) is 2.21. The average Bonchev–Trinajstić information content (AvgIpc) is 2.69. The first-order chi connectivity index (χ1) is 13.7. The molecular weight excluding hydrogens is 392 g/mol. The molecule has 0 aliphatic rings. The predicted molar refractivity (Wildman–Crippen MR) is 116 cm³/mol. The zero-order valence-corrected chi connectivity index (χ0v) is 18.5. The number of hydrogen-bond acceptors (Lipinski definition) is 6. The van der Waals surface area contributed by atoms with Crippen LogP contribution < -0.4 is 18.9 Å². The minimum atomic E-state index is -3.26. The van der Waals surface area contributed by atoms with Crippen molar-refractivity contribution in [1.82, 2.24) is 4.90 Å². The highest BCUT2D eigenvalue weighted by atomic mass is 32.2. The van der Waals surface area contributed by atoms with Crippen LogP contribution in [0.3, 0.4) is 0 Å². The normalized spacial score (nSPS) is 12.5.